The molecule has 1 aromatic heterocycles. The van der Waals surface area contributed by atoms with E-state index in [1.807, 2.05) is 25.7 Å². The summed E-state index contributed by atoms with van der Waals surface area (Å²) in [5, 5.41) is 2.88. The van der Waals surface area contributed by atoms with Crippen LogP contribution in [0.3, 0.4) is 0 Å². The molecule has 1 saturated heterocycles. The second kappa shape index (κ2) is 8.23. The molecule has 1 N–H and O–H groups in total. The van der Waals surface area contributed by atoms with Gasteiger partial charge in [-0.05, 0) is 63.9 Å². The van der Waals surface area contributed by atoms with Crippen molar-refractivity contribution in [2.24, 2.45) is 0 Å². The number of hydrogen-bond donors (Lipinski definition) is 1. The van der Waals surface area contributed by atoms with Gasteiger partial charge in [-0.3, -0.25) is 9.59 Å². The van der Waals surface area contributed by atoms with Gasteiger partial charge in [0.05, 0.1) is 0 Å². The minimum absolute atomic E-state index is 0.129. The van der Waals surface area contributed by atoms with Gasteiger partial charge in [-0.2, -0.15) is 0 Å². The summed E-state index contributed by atoms with van der Waals surface area (Å²) in [6.07, 6.45) is 0. The molecule has 1 aliphatic heterocycles. The third kappa shape index (κ3) is 4.94. The standard InChI is InChI=1S/C23H30N4O2/c1-16-8-6-11-20(17(16)2)26-12-14-27(15-13-26)22(29)19-10-7-9-18(24-19)21(28)25-23(3,4)5/h6-11H,12-15H2,1-5H3,(H,25,28). The fraction of sp³-hybridized carbons (Fsp3) is 0.435. The van der Waals surface area contributed by atoms with Crippen molar-refractivity contribution in [3.8, 4) is 0 Å². The molecule has 2 heterocycles. The van der Waals surface area contributed by atoms with Gasteiger partial charge in [0.2, 0.25) is 0 Å². The Morgan fingerprint density at radius 1 is 0.931 bits per heavy atom. The van der Waals surface area contributed by atoms with E-state index < -0.39 is 0 Å². The Bertz CT molecular complexity index is 909. The highest BCUT2D eigenvalue weighted by atomic mass is 16.2. The summed E-state index contributed by atoms with van der Waals surface area (Å²) in [6.45, 7) is 12.8. The first-order valence-electron chi connectivity index (χ1n) is 10.1. The van der Waals surface area contributed by atoms with Crippen molar-refractivity contribution in [3.05, 3.63) is 58.9 Å². The molecule has 29 heavy (non-hydrogen) atoms. The number of hydrogen-bond acceptors (Lipinski definition) is 4. The van der Waals surface area contributed by atoms with Crippen LogP contribution in [0.4, 0.5) is 5.69 Å². The Morgan fingerprint density at radius 3 is 2.21 bits per heavy atom. The zero-order valence-electron chi connectivity index (χ0n) is 18.0. The number of nitrogens with zero attached hydrogens (tertiary/aromatic N) is 3. The summed E-state index contributed by atoms with van der Waals surface area (Å²) in [7, 11) is 0. The summed E-state index contributed by atoms with van der Waals surface area (Å²) >= 11 is 0. The first-order valence-corrected chi connectivity index (χ1v) is 10.1. The molecule has 3 rings (SSSR count). The van der Waals surface area contributed by atoms with E-state index in [0.717, 1.165) is 13.1 Å². The van der Waals surface area contributed by atoms with Crippen LogP contribution in [-0.4, -0.2) is 53.4 Å². The SMILES string of the molecule is Cc1cccc(N2CCN(C(=O)c3cccc(C(=O)NC(C)(C)C)n3)CC2)c1C. The number of rotatable bonds is 3. The largest absolute Gasteiger partial charge is 0.368 e. The number of anilines is 1. The maximum Gasteiger partial charge on any atom is 0.272 e. The minimum atomic E-state index is -0.358. The van der Waals surface area contributed by atoms with E-state index in [-0.39, 0.29) is 23.0 Å². The van der Waals surface area contributed by atoms with Crippen molar-refractivity contribution < 1.29 is 9.59 Å². The highest BCUT2D eigenvalue weighted by Gasteiger charge is 2.25. The molecule has 2 aromatic rings. The average molecular weight is 395 g/mol. The molecule has 1 fully saturated rings. The number of amides is 2. The molecule has 0 atom stereocenters. The predicted molar refractivity (Wildman–Crippen MR) is 115 cm³/mol. The lowest BCUT2D eigenvalue weighted by Crippen LogP contribution is -2.49. The van der Waals surface area contributed by atoms with Gasteiger partial charge < -0.3 is 15.1 Å². The van der Waals surface area contributed by atoms with Crippen LogP contribution >= 0.6 is 0 Å². The lowest BCUT2D eigenvalue weighted by Gasteiger charge is -2.37. The second-order valence-electron chi connectivity index (χ2n) is 8.61. The quantitative estimate of drug-likeness (QED) is 0.868. The average Bonchev–Trinajstić information content (AvgIpc) is 2.68. The molecule has 2 amide bonds. The number of pyridine rings is 1. The van der Waals surface area contributed by atoms with Gasteiger partial charge in [0.25, 0.3) is 11.8 Å². The van der Waals surface area contributed by atoms with Gasteiger partial charge in [-0.1, -0.05) is 18.2 Å². The van der Waals surface area contributed by atoms with Crippen molar-refractivity contribution >= 4 is 17.5 Å². The van der Waals surface area contributed by atoms with E-state index in [1.165, 1.54) is 16.8 Å². The molecular formula is C23H30N4O2. The van der Waals surface area contributed by atoms with Gasteiger partial charge in [-0.15, -0.1) is 0 Å². The molecule has 0 unspecified atom stereocenters. The zero-order valence-corrected chi connectivity index (χ0v) is 18.0. The number of carbonyl (C=O) groups excluding carboxylic acids is 2. The molecule has 1 aromatic carbocycles. The van der Waals surface area contributed by atoms with Crippen molar-refractivity contribution in [1.29, 1.82) is 0 Å². The Morgan fingerprint density at radius 2 is 1.55 bits per heavy atom. The number of piperazine rings is 1. The van der Waals surface area contributed by atoms with Crippen molar-refractivity contribution in [3.63, 3.8) is 0 Å². The van der Waals surface area contributed by atoms with Gasteiger partial charge >= 0.3 is 0 Å². The Balaban J connectivity index is 1.67. The van der Waals surface area contributed by atoms with Gasteiger partial charge in [0.1, 0.15) is 11.4 Å². The summed E-state index contributed by atoms with van der Waals surface area (Å²) in [6, 6.07) is 11.4. The van der Waals surface area contributed by atoms with Crippen LogP contribution in [0.25, 0.3) is 0 Å². The van der Waals surface area contributed by atoms with Crippen LogP contribution in [0.1, 0.15) is 52.9 Å². The summed E-state index contributed by atoms with van der Waals surface area (Å²) in [4.78, 5) is 33.8. The summed E-state index contributed by atoms with van der Waals surface area (Å²) in [5.74, 6) is -0.400. The highest BCUT2D eigenvalue weighted by molar-refractivity contribution is 5.96. The molecule has 0 bridgehead atoms. The molecular weight excluding hydrogens is 364 g/mol. The Hall–Kier alpha value is -2.89. The van der Waals surface area contributed by atoms with Gasteiger partial charge in [-0.25, -0.2) is 4.98 Å². The highest BCUT2D eigenvalue weighted by Crippen LogP contribution is 2.24. The smallest absolute Gasteiger partial charge is 0.272 e. The summed E-state index contributed by atoms with van der Waals surface area (Å²) < 4.78 is 0. The zero-order chi connectivity index (χ0) is 21.2. The fourth-order valence-electron chi connectivity index (χ4n) is 3.48. The maximum atomic E-state index is 12.9. The molecule has 6 heteroatoms. The second-order valence-corrected chi connectivity index (χ2v) is 8.61. The monoisotopic (exact) mass is 394 g/mol. The molecule has 0 saturated carbocycles. The lowest BCUT2D eigenvalue weighted by molar-refractivity contribution is 0.0740. The van der Waals surface area contributed by atoms with Crippen molar-refractivity contribution in [1.82, 2.24) is 15.2 Å². The first-order chi connectivity index (χ1) is 13.7. The molecule has 6 nitrogen and oxygen atoms in total. The number of nitrogens with one attached hydrogen (secondary N) is 1. The van der Waals surface area contributed by atoms with Crippen LogP contribution in [-0.2, 0) is 0 Å². The topological polar surface area (TPSA) is 65.5 Å². The van der Waals surface area contributed by atoms with E-state index in [9.17, 15) is 9.59 Å². The lowest BCUT2D eigenvalue weighted by atomic mass is 10.1. The van der Waals surface area contributed by atoms with Crippen LogP contribution < -0.4 is 10.2 Å². The van der Waals surface area contributed by atoms with Crippen molar-refractivity contribution in [2.45, 2.75) is 40.2 Å². The van der Waals surface area contributed by atoms with Crippen molar-refractivity contribution in [2.75, 3.05) is 31.1 Å². The molecule has 0 radical (unpaired) electrons. The molecule has 0 spiro atoms. The molecule has 1 aliphatic rings. The van der Waals surface area contributed by atoms with Gasteiger partial charge in [0.15, 0.2) is 0 Å². The number of benzene rings is 1. The number of carbonyl (C=O) groups is 2. The number of aryl methyl sites for hydroxylation is 1. The third-order valence-electron chi connectivity index (χ3n) is 5.17. The van der Waals surface area contributed by atoms with E-state index in [1.54, 1.807) is 18.2 Å². The Labute approximate surface area is 172 Å². The van der Waals surface area contributed by atoms with Crippen LogP contribution in [0.2, 0.25) is 0 Å². The van der Waals surface area contributed by atoms with Crippen LogP contribution in [0, 0.1) is 13.8 Å². The normalized spacial score (nSPS) is 14.7. The fourth-order valence-corrected chi connectivity index (χ4v) is 3.48. The van der Waals surface area contributed by atoms with E-state index >= 15 is 0 Å². The van der Waals surface area contributed by atoms with E-state index in [2.05, 4.69) is 47.2 Å². The van der Waals surface area contributed by atoms with Crippen LogP contribution in [0.5, 0.6) is 0 Å². The number of aromatic nitrogens is 1. The minimum Gasteiger partial charge on any atom is -0.368 e. The van der Waals surface area contributed by atoms with Gasteiger partial charge in [0, 0.05) is 37.4 Å². The molecule has 0 aliphatic carbocycles. The predicted octanol–water partition coefficient (Wildman–Crippen LogP) is 3.19. The molecule has 154 valence electrons. The maximum absolute atomic E-state index is 12.9. The van der Waals surface area contributed by atoms with Crippen LogP contribution in [0.15, 0.2) is 36.4 Å². The third-order valence-corrected chi connectivity index (χ3v) is 5.17. The Kier molecular flexibility index (Phi) is 5.91. The van der Waals surface area contributed by atoms with E-state index in [4.69, 9.17) is 0 Å². The first kappa shape index (κ1) is 20.8. The summed E-state index contributed by atoms with van der Waals surface area (Å²) in [5.41, 5.74) is 4.01. The van der Waals surface area contributed by atoms with E-state index in [0.29, 0.717) is 18.8 Å².